The molecule has 0 spiro atoms. The third kappa shape index (κ3) is 3.65. The summed E-state index contributed by atoms with van der Waals surface area (Å²) in [6.45, 7) is 0. The molecule has 1 atom stereocenters. The molecular weight excluding hydrogens is 231 g/mol. The van der Waals surface area contributed by atoms with E-state index in [1.54, 1.807) is 18.2 Å². The Morgan fingerprint density at radius 2 is 2.08 bits per heavy atom. The summed E-state index contributed by atoms with van der Waals surface area (Å²) in [4.78, 5) is 0. The Morgan fingerprint density at radius 1 is 1.38 bits per heavy atom. The molecule has 0 aliphatic carbocycles. The lowest BCUT2D eigenvalue weighted by Crippen LogP contribution is -1.99. The Morgan fingerprint density at radius 3 is 2.69 bits per heavy atom. The Bertz CT molecular complexity index is 328. The summed E-state index contributed by atoms with van der Waals surface area (Å²) in [5.74, 6) is 0.181. The van der Waals surface area contributed by atoms with Crippen LogP contribution in [0.1, 0.15) is 5.56 Å². The van der Waals surface area contributed by atoms with E-state index in [4.69, 9.17) is 27.8 Å². The molecular formula is C8H8Cl2O2S. The molecule has 0 saturated carbocycles. The van der Waals surface area contributed by atoms with E-state index in [-0.39, 0.29) is 5.75 Å². The molecule has 1 aromatic carbocycles. The normalized spacial score (nSPS) is 12.8. The minimum atomic E-state index is -1.78. The maximum Gasteiger partial charge on any atom is 0.153 e. The van der Waals surface area contributed by atoms with Crippen molar-refractivity contribution in [2.24, 2.45) is 0 Å². The molecule has 0 heterocycles. The molecule has 5 heteroatoms. The van der Waals surface area contributed by atoms with Gasteiger partial charge in [-0.15, -0.1) is 0 Å². The molecule has 0 bridgehead atoms. The van der Waals surface area contributed by atoms with Crippen LogP contribution in [0.4, 0.5) is 0 Å². The van der Waals surface area contributed by atoms with E-state index in [9.17, 15) is 4.21 Å². The van der Waals surface area contributed by atoms with Crippen LogP contribution in [0.3, 0.4) is 0 Å². The van der Waals surface area contributed by atoms with Crippen LogP contribution in [-0.4, -0.2) is 14.5 Å². The smallest absolute Gasteiger partial charge is 0.153 e. The van der Waals surface area contributed by atoms with Crippen LogP contribution >= 0.6 is 23.2 Å². The Labute approximate surface area is 89.1 Å². The number of hydrogen-bond acceptors (Lipinski definition) is 1. The van der Waals surface area contributed by atoms with E-state index < -0.39 is 11.1 Å². The van der Waals surface area contributed by atoms with Crippen molar-refractivity contribution in [2.75, 3.05) is 5.75 Å². The monoisotopic (exact) mass is 238 g/mol. The van der Waals surface area contributed by atoms with Crippen molar-refractivity contribution >= 4 is 34.3 Å². The van der Waals surface area contributed by atoms with Gasteiger partial charge in [0.1, 0.15) is 0 Å². The number of halogens is 2. The zero-order chi connectivity index (χ0) is 9.84. The third-order valence-electron chi connectivity index (χ3n) is 1.55. The fraction of sp³-hybridized carbons (Fsp3) is 0.250. The average molecular weight is 239 g/mol. The van der Waals surface area contributed by atoms with Crippen LogP contribution in [0, 0.1) is 0 Å². The number of aryl methyl sites for hydroxylation is 1. The van der Waals surface area contributed by atoms with Gasteiger partial charge in [0.05, 0.1) is 5.75 Å². The fourth-order valence-corrected chi connectivity index (χ4v) is 1.73. The molecule has 0 saturated heterocycles. The predicted octanol–water partition coefficient (Wildman–Crippen LogP) is 2.76. The zero-order valence-corrected chi connectivity index (χ0v) is 8.99. The molecule has 2 nitrogen and oxygen atoms in total. The third-order valence-corrected chi connectivity index (χ3v) is 2.71. The quantitative estimate of drug-likeness (QED) is 0.823. The van der Waals surface area contributed by atoms with Crippen molar-refractivity contribution in [3.8, 4) is 0 Å². The first-order valence-corrected chi connectivity index (χ1v) is 5.64. The summed E-state index contributed by atoms with van der Waals surface area (Å²) in [6.07, 6.45) is 0.461. The summed E-state index contributed by atoms with van der Waals surface area (Å²) in [7, 11) is 0. The number of benzene rings is 1. The lowest BCUT2D eigenvalue weighted by Gasteiger charge is -2.02. The minimum Gasteiger partial charge on any atom is -0.306 e. The first kappa shape index (κ1) is 11.0. The van der Waals surface area contributed by atoms with Crippen molar-refractivity contribution in [1.29, 1.82) is 0 Å². The van der Waals surface area contributed by atoms with Gasteiger partial charge in [0, 0.05) is 10.0 Å². The molecule has 1 unspecified atom stereocenters. The van der Waals surface area contributed by atoms with Gasteiger partial charge in [-0.25, -0.2) is 4.21 Å². The average Bonchev–Trinajstić information content (AvgIpc) is 2.06. The van der Waals surface area contributed by atoms with Crippen molar-refractivity contribution in [1.82, 2.24) is 0 Å². The first-order chi connectivity index (χ1) is 6.09. The van der Waals surface area contributed by atoms with Gasteiger partial charge in [-0.3, -0.25) is 0 Å². The Balaban J connectivity index is 2.75. The molecule has 0 aliphatic heterocycles. The molecule has 0 fully saturated rings. The van der Waals surface area contributed by atoms with Gasteiger partial charge in [0.15, 0.2) is 11.1 Å². The van der Waals surface area contributed by atoms with Gasteiger partial charge < -0.3 is 4.55 Å². The van der Waals surface area contributed by atoms with Crippen molar-refractivity contribution in [3.05, 3.63) is 33.8 Å². The first-order valence-electron chi connectivity index (χ1n) is 3.61. The molecule has 13 heavy (non-hydrogen) atoms. The van der Waals surface area contributed by atoms with Crippen LogP contribution < -0.4 is 0 Å². The van der Waals surface area contributed by atoms with E-state index in [1.165, 1.54) is 0 Å². The van der Waals surface area contributed by atoms with Gasteiger partial charge in [-0.05, 0) is 30.2 Å². The summed E-state index contributed by atoms with van der Waals surface area (Å²) in [5.41, 5.74) is 0.802. The lowest BCUT2D eigenvalue weighted by molar-refractivity contribution is 0.563. The number of rotatable bonds is 3. The van der Waals surface area contributed by atoms with Crippen molar-refractivity contribution in [3.63, 3.8) is 0 Å². The highest BCUT2D eigenvalue weighted by molar-refractivity contribution is 7.79. The Hall–Kier alpha value is -0.0900. The molecule has 1 aromatic rings. The van der Waals surface area contributed by atoms with Crippen LogP contribution in [0.25, 0.3) is 0 Å². The fourth-order valence-electron chi connectivity index (χ4n) is 0.932. The summed E-state index contributed by atoms with van der Waals surface area (Å²) in [5, 5.41) is 1.16. The van der Waals surface area contributed by atoms with Gasteiger partial charge >= 0.3 is 0 Å². The largest absolute Gasteiger partial charge is 0.306 e. The maximum absolute atomic E-state index is 10.4. The highest BCUT2D eigenvalue weighted by atomic mass is 35.5. The van der Waals surface area contributed by atoms with Crippen LogP contribution in [0.2, 0.25) is 10.0 Å². The van der Waals surface area contributed by atoms with Crippen molar-refractivity contribution in [2.45, 2.75) is 6.42 Å². The maximum atomic E-state index is 10.4. The summed E-state index contributed by atoms with van der Waals surface area (Å²) in [6, 6.07) is 5.07. The van der Waals surface area contributed by atoms with Gasteiger partial charge in [0.25, 0.3) is 0 Å². The summed E-state index contributed by atoms with van der Waals surface area (Å²) < 4.78 is 19.0. The van der Waals surface area contributed by atoms with Gasteiger partial charge in [0.2, 0.25) is 0 Å². The Kier molecular flexibility index (Phi) is 4.19. The molecule has 72 valence electrons. The second kappa shape index (κ2) is 4.96. The van der Waals surface area contributed by atoms with E-state index in [0.29, 0.717) is 16.5 Å². The topological polar surface area (TPSA) is 37.3 Å². The molecule has 0 radical (unpaired) electrons. The van der Waals surface area contributed by atoms with E-state index in [1.807, 2.05) is 0 Å². The van der Waals surface area contributed by atoms with Gasteiger partial charge in [-0.1, -0.05) is 23.2 Å². The van der Waals surface area contributed by atoms with E-state index in [0.717, 1.165) is 5.56 Å². The highest BCUT2D eigenvalue weighted by Gasteiger charge is 2.02. The van der Waals surface area contributed by atoms with Crippen LogP contribution in [0.5, 0.6) is 0 Å². The van der Waals surface area contributed by atoms with Gasteiger partial charge in [-0.2, -0.15) is 0 Å². The zero-order valence-electron chi connectivity index (χ0n) is 6.67. The standard InChI is InChI=1S/C8H8Cl2O2S/c9-7-1-2-8(10)6(5-7)3-4-13(11)12/h1-2,5H,3-4H2,(H,11,12). The molecule has 1 N–H and O–H groups in total. The number of hydrogen-bond donors (Lipinski definition) is 1. The molecule has 1 rings (SSSR count). The molecule has 0 amide bonds. The van der Waals surface area contributed by atoms with E-state index >= 15 is 0 Å². The SMILES string of the molecule is O=S(O)CCc1cc(Cl)ccc1Cl. The summed E-state index contributed by atoms with van der Waals surface area (Å²) >= 11 is 9.79. The molecule has 0 aliphatic rings. The van der Waals surface area contributed by atoms with Crippen LogP contribution in [-0.2, 0) is 17.5 Å². The van der Waals surface area contributed by atoms with Crippen molar-refractivity contribution < 1.29 is 8.76 Å². The second-order valence-electron chi connectivity index (χ2n) is 2.51. The minimum absolute atomic E-state index is 0.181. The van der Waals surface area contributed by atoms with E-state index in [2.05, 4.69) is 0 Å². The highest BCUT2D eigenvalue weighted by Crippen LogP contribution is 2.20. The van der Waals surface area contributed by atoms with Crippen LogP contribution in [0.15, 0.2) is 18.2 Å². The molecule has 0 aromatic heterocycles. The predicted molar refractivity (Wildman–Crippen MR) is 55.8 cm³/mol. The lowest BCUT2D eigenvalue weighted by atomic mass is 10.2. The second-order valence-corrected chi connectivity index (χ2v) is 4.41.